The van der Waals surface area contributed by atoms with E-state index in [1.807, 2.05) is 6.08 Å². The predicted molar refractivity (Wildman–Crippen MR) is 89.8 cm³/mol. The zero-order valence-corrected chi connectivity index (χ0v) is 14.0. The van der Waals surface area contributed by atoms with Crippen molar-refractivity contribution in [3.05, 3.63) is 58.3 Å². The Morgan fingerprint density at radius 3 is 2.65 bits per heavy atom. The van der Waals surface area contributed by atoms with Crippen LogP contribution in [0.1, 0.15) is 43.9 Å². The Balaban J connectivity index is 2.08. The SMILES string of the molecule is CC(C)(C)C1=CC(c2ccc(Cl)c(F)c2)Nc2cc(CO)oc21. The van der Waals surface area contributed by atoms with E-state index in [0.717, 1.165) is 22.6 Å². The molecule has 2 N–H and O–H groups in total. The van der Waals surface area contributed by atoms with Crippen molar-refractivity contribution in [2.24, 2.45) is 5.41 Å². The molecule has 0 bridgehead atoms. The monoisotopic (exact) mass is 335 g/mol. The highest BCUT2D eigenvalue weighted by atomic mass is 35.5. The maximum absolute atomic E-state index is 13.8. The van der Waals surface area contributed by atoms with E-state index in [1.165, 1.54) is 6.07 Å². The molecule has 23 heavy (non-hydrogen) atoms. The first-order chi connectivity index (χ1) is 10.8. The van der Waals surface area contributed by atoms with Gasteiger partial charge in [-0.2, -0.15) is 0 Å². The molecule has 3 nitrogen and oxygen atoms in total. The number of aliphatic hydroxyl groups is 1. The van der Waals surface area contributed by atoms with Crippen molar-refractivity contribution in [1.82, 2.24) is 0 Å². The van der Waals surface area contributed by atoms with Crippen LogP contribution < -0.4 is 5.32 Å². The van der Waals surface area contributed by atoms with Gasteiger partial charge in [0.25, 0.3) is 0 Å². The lowest BCUT2D eigenvalue weighted by molar-refractivity contribution is 0.245. The Labute approximate surface area is 139 Å². The highest BCUT2D eigenvalue weighted by Gasteiger charge is 2.31. The van der Waals surface area contributed by atoms with E-state index < -0.39 is 5.82 Å². The summed E-state index contributed by atoms with van der Waals surface area (Å²) in [4.78, 5) is 0. The topological polar surface area (TPSA) is 45.4 Å². The van der Waals surface area contributed by atoms with Gasteiger partial charge in [0.2, 0.25) is 0 Å². The van der Waals surface area contributed by atoms with Crippen LogP contribution in [0, 0.1) is 11.2 Å². The van der Waals surface area contributed by atoms with Crippen LogP contribution in [0.15, 0.2) is 34.8 Å². The fourth-order valence-electron chi connectivity index (χ4n) is 2.75. The van der Waals surface area contributed by atoms with Crippen LogP contribution in [0.2, 0.25) is 5.02 Å². The number of furan rings is 1. The second kappa shape index (κ2) is 5.69. The van der Waals surface area contributed by atoms with Gasteiger partial charge in [-0.3, -0.25) is 0 Å². The quantitative estimate of drug-likeness (QED) is 0.796. The number of hydrogen-bond donors (Lipinski definition) is 2. The first-order valence-corrected chi connectivity index (χ1v) is 7.85. The first-order valence-electron chi connectivity index (χ1n) is 7.47. The molecule has 1 atom stereocenters. The lowest BCUT2D eigenvalue weighted by atomic mass is 9.81. The van der Waals surface area contributed by atoms with Gasteiger partial charge >= 0.3 is 0 Å². The van der Waals surface area contributed by atoms with Gasteiger partial charge in [0, 0.05) is 11.6 Å². The molecule has 1 aromatic carbocycles. The zero-order valence-electron chi connectivity index (χ0n) is 13.3. The van der Waals surface area contributed by atoms with Crippen molar-refractivity contribution in [1.29, 1.82) is 0 Å². The maximum Gasteiger partial charge on any atom is 0.153 e. The summed E-state index contributed by atoms with van der Waals surface area (Å²) in [6, 6.07) is 6.40. The van der Waals surface area contributed by atoms with Gasteiger partial charge in [-0.1, -0.05) is 44.5 Å². The lowest BCUT2D eigenvalue weighted by Gasteiger charge is -2.30. The smallest absolute Gasteiger partial charge is 0.153 e. The standard InChI is InChI=1S/C18H19ClFNO2/c1-18(2,3)12-8-15(10-4-5-13(19)14(20)6-10)21-16-7-11(9-22)23-17(12)16/h4-8,15,21-22H,9H2,1-3H3. The van der Waals surface area contributed by atoms with E-state index in [4.69, 9.17) is 16.0 Å². The molecule has 0 amide bonds. The highest BCUT2D eigenvalue weighted by Crippen LogP contribution is 2.45. The highest BCUT2D eigenvalue weighted by molar-refractivity contribution is 6.30. The zero-order chi connectivity index (χ0) is 16.8. The average Bonchev–Trinajstić information content (AvgIpc) is 2.90. The van der Waals surface area contributed by atoms with Crippen LogP contribution in [-0.4, -0.2) is 5.11 Å². The number of fused-ring (bicyclic) bond motifs is 1. The Morgan fingerprint density at radius 1 is 1.30 bits per heavy atom. The summed E-state index contributed by atoms with van der Waals surface area (Å²) in [7, 11) is 0. The van der Waals surface area contributed by atoms with Crippen molar-refractivity contribution in [3.63, 3.8) is 0 Å². The molecule has 0 radical (unpaired) electrons. The van der Waals surface area contributed by atoms with E-state index >= 15 is 0 Å². The summed E-state index contributed by atoms with van der Waals surface area (Å²) in [5.74, 6) is 0.790. The summed E-state index contributed by atoms with van der Waals surface area (Å²) in [5, 5.41) is 12.8. The average molecular weight is 336 g/mol. The summed E-state index contributed by atoms with van der Waals surface area (Å²) < 4.78 is 19.5. The Hall–Kier alpha value is -1.78. The second-order valence-corrected chi connectivity index (χ2v) is 7.15. The Morgan fingerprint density at radius 2 is 2.04 bits per heavy atom. The predicted octanol–water partition coefficient (Wildman–Crippen LogP) is 5.16. The summed E-state index contributed by atoms with van der Waals surface area (Å²) in [5.41, 5.74) is 2.46. The molecule has 3 rings (SSSR count). The van der Waals surface area contributed by atoms with E-state index in [-0.39, 0.29) is 23.1 Å². The van der Waals surface area contributed by atoms with Crippen molar-refractivity contribution in [2.45, 2.75) is 33.4 Å². The maximum atomic E-state index is 13.8. The minimum atomic E-state index is -0.439. The van der Waals surface area contributed by atoms with Gasteiger partial charge in [-0.15, -0.1) is 0 Å². The number of anilines is 1. The molecule has 1 unspecified atom stereocenters. The van der Waals surface area contributed by atoms with Crippen LogP contribution in [0.5, 0.6) is 0 Å². The minimum absolute atomic E-state index is 0.108. The number of aliphatic hydroxyl groups excluding tert-OH is 1. The molecule has 0 saturated carbocycles. The van der Waals surface area contributed by atoms with Crippen LogP contribution in [-0.2, 0) is 6.61 Å². The van der Waals surface area contributed by atoms with Crippen LogP contribution in [0.25, 0.3) is 5.57 Å². The number of hydrogen-bond acceptors (Lipinski definition) is 3. The number of rotatable bonds is 2. The number of halogens is 2. The summed E-state index contributed by atoms with van der Waals surface area (Å²) in [6.07, 6.45) is 2.04. The molecule has 0 fully saturated rings. The van der Waals surface area contributed by atoms with Crippen LogP contribution in [0.3, 0.4) is 0 Å². The van der Waals surface area contributed by atoms with E-state index in [2.05, 4.69) is 26.1 Å². The lowest BCUT2D eigenvalue weighted by Crippen LogP contribution is -2.19. The fourth-order valence-corrected chi connectivity index (χ4v) is 2.87. The van der Waals surface area contributed by atoms with Gasteiger partial charge in [-0.25, -0.2) is 4.39 Å². The molecule has 2 heterocycles. The summed E-state index contributed by atoms with van der Waals surface area (Å²) >= 11 is 5.77. The van der Waals surface area contributed by atoms with Gasteiger partial charge in [-0.05, 0) is 23.1 Å². The van der Waals surface area contributed by atoms with Crippen molar-refractivity contribution < 1.29 is 13.9 Å². The molecule has 122 valence electrons. The molecule has 0 aliphatic carbocycles. The molecule has 2 aromatic rings. The molecular weight excluding hydrogens is 317 g/mol. The number of nitrogens with one attached hydrogen (secondary N) is 1. The molecule has 0 spiro atoms. The van der Waals surface area contributed by atoms with Crippen LogP contribution >= 0.6 is 11.6 Å². The largest absolute Gasteiger partial charge is 0.457 e. The van der Waals surface area contributed by atoms with Gasteiger partial charge in [0.1, 0.15) is 18.2 Å². The molecule has 5 heteroatoms. The van der Waals surface area contributed by atoms with Gasteiger partial charge < -0.3 is 14.8 Å². The third-order valence-electron chi connectivity index (χ3n) is 3.94. The Bertz CT molecular complexity index is 774. The Kier molecular flexibility index (Phi) is 3.98. The molecular formula is C18H19ClFNO2. The molecule has 1 aromatic heterocycles. The molecule has 1 aliphatic heterocycles. The van der Waals surface area contributed by atoms with Crippen molar-refractivity contribution in [3.8, 4) is 0 Å². The van der Waals surface area contributed by atoms with Gasteiger partial charge in [0.05, 0.1) is 16.8 Å². The minimum Gasteiger partial charge on any atom is -0.457 e. The van der Waals surface area contributed by atoms with E-state index in [9.17, 15) is 9.50 Å². The third-order valence-corrected chi connectivity index (χ3v) is 4.25. The van der Waals surface area contributed by atoms with Crippen molar-refractivity contribution in [2.75, 3.05) is 5.32 Å². The fraction of sp³-hybridized carbons (Fsp3) is 0.333. The number of benzene rings is 1. The van der Waals surface area contributed by atoms with Crippen molar-refractivity contribution >= 4 is 22.9 Å². The third kappa shape index (κ3) is 3.01. The number of allylic oxidation sites excluding steroid dienone is 1. The second-order valence-electron chi connectivity index (χ2n) is 6.74. The normalized spacial score (nSPS) is 17.5. The molecule has 0 saturated heterocycles. The van der Waals surface area contributed by atoms with Gasteiger partial charge in [0.15, 0.2) is 5.76 Å². The van der Waals surface area contributed by atoms with E-state index in [0.29, 0.717) is 5.76 Å². The van der Waals surface area contributed by atoms with Crippen LogP contribution in [0.4, 0.5) is 10.1 Å². The van der Waals surface area contributed by atoms with E-state index in [1.54, 1.807) is 18.2 Å². The summed E-state index contributed by atoms with van der Waals surface area (Å²) in [6.45, 7) is 6.12. The first kappa shape index (κ1) is 16.1. The molecule has 1 aliphatic rings.